The van der Waals surface area contributed by atoms with E-state index in [0.717, 1.165) is 0 Å². The summed E-state index contributed by atoms with van der Waals surface area (Å²) in [6.07, 6.45) is 0.117. The highest BCUT2D eigenvalue weighted by molar-refractivity contribution is 7.16. The second-order valence-corrected chi connectivity index (χ2v) is 3.98. The van der Waals surface area contributed by atoms with Gasteiger partial charge in [0.15, 0.2) is 6.03 Å². The van der Waals surface area contributed by atoms with E-state index in [9.17, 15) is 0 Å². The lowest BCUT2D eigenvalue weighted by Crippen LogP contribution is -2.41. The SMILES string of the molecule is CC(CO)C1OC(P)OCC1C. The lowest BCUT2D eigenvalue weighted by atomic mass is 9.94. The summed E-state index contributed by atoms with van der Waals surface area (Å²) in [5.41, 5.74) is 0. The Balaban J connectivity index is 2.48. The highest BCUT2D eigenvalue weighted by atomic mass is 31.0. The maximum absolute atomic E-state index is 8.96. The minimum atomic E-state index is -0.208. The summed E-state index contributed by atoms with van der Waals surface area (Å²) < 4.78 is 10.8. The third kappa shape index (κ3) is 2.40. The van der Waals surface area contributed by atoms with Crippen LogP contribution in [0.3, 0.4) is 0 Å². The fourth-order valence-electron chi connectivity index (χ4n) is 1.47. The number of hydrogen-bond donors (Lipinski definition) is 1. The summed E-state index contributed by atoms with van der Waals surface area (Å²) in [4.78, 5) is 0. The topological polar surface area (TPSA) is 38.7 Å². The number of aliphatic hydroxyl groups is 1. The molecular formula is C8H17O3P. The molecule has 0 aliphatic carbocycles. The number of rotatable bonds is 2. The van der Waals surface area contributed by atoms with Gasteiger partial charge in [0, 0.05) is 18.4 Å². The van der Waals surface area contributed by atoms with Gasteiger partial charge in [-0.3, -0.25) is 0 Å². The highest BCUT2D eigenvalue weighted by Crippen LogP contribution is 2.26. The molecule has 1 fully saturated rings. The van der Waals surface area contributed by atoms with Crippen molar-refractivity contribution < 1.29 is 14.6 Å². The van der Waals surface area contributed by atoms with E-state index >= 15 is 0 Å². The van der Waals surface area contributed by atoms with Crippen molar-refractivity contribution in [3.05, 3.63) is 0 Å². The molecule has 0 aromatic rings. The third-order valence-corrected chi connectivity index (χ3v) is 2.57. The van der Waals surface area contributed by atoms with Gasteiger partial charge in [-0.15, -0.1) is 0 Å². The second kappa shape index (κ2) is 4.52. The molecule has 5 unspecified atom stereocenters. The van der Waals surface area contributed by atoms with Crippen LogP contribution in [0.2, 0.25) is 0 Å². The Labute approximate surface area is 75.6 Å². The first-order chi connectivity index (χ1) is 5.65. The maximum atomic E-state index is 8.96. The van der Waals surface area contributed by atoms with Gasteiger partial charge in [-0.25, -0.2) is 0 Å². The molecular weight excluding hydrogens is 175 g/mol. The molecule has 0 bridgehead atoms. The Bertz CT molecular complexity index is 138. The number of ether oxygens (including phenoxy) is 2. The van der Waals surface area contributed by atoms with Crippen molar-refractivity contribution in [1.82, 2.24) is 0 Å². The summed E-state index contributed by atoms with van der Waals surface area (Å²) in [5, 5.41) is 8.96. The molecule has 1 aliphatic rings. The zero-order chi connectivity index (χ0) is 9.14. The van der Waals surface area contributed by atoms with E-state index in [4.69, 9.17) is 14.6 Å². The molecule has 0 saturated carbocycles. The monoisotopic (exact) mass is 192 g/mol. The smallest absolute Gasteiger partial charge is 0.170 e. The van der Waals surface area contributed by atoms with Crippen LogP contribution >= 0.6 is 9.24 Å². The molecule has 3 nitrogen and oxygen atoms in total. The molecule has 72 valence electrons. The van der Waals surface area contributed by atoms with Crippen LogP contribution in [0.4, 0.5) is 0 Å². The Morgan fingerprint density at radius 1 is 1.67 bits per heavy atom. The Morgan fingerprint density at radius 2 is 2.33 bits per heavy atom. The van der Waals surface area contributed by atoms with Gasteiger partial charge in [0.05, 0.1) is 12.7 Å². The molecule has 1 N–H and O–H groups in total. The Kier molecular flexibility index (Phi) is 3.91. The number of hydrogen-bond acceptors (Lipinski definition) is 3. The molecule has 0 aromatic heterocycles. The van der Waals surface area contributed by atoms with Gasteiger partial charge in [-0.1, -0.05) is 23.1 Å². The van der Waals surface area contributed by atoms with Crippen molar-refractivity contribution in [2.75, 3.05) is 13.2 Å². The highest BCUT2D eigenvalue weighted by Gasteiger charge is 2.30. The van der Waals surface area contributed by atoms with E-state index in [2.05, 4.69) is 16.2 Å². The fourth-order valence-corrected chi connectivity index (χ4v) is 1.76. The minimum Gasteiger partial charge on any atom is -0.396 e. The van der Waals surface area contributed by atoms with Crippen LogP contribution in [0.1, 0.15) is 13.8 Å². The predicted molar refractivity (Wildman–Crippen MR) is 49.7 cm³/mol. The standard InChI is InChI=1S/C8H17O3P/c1-5(3-9)7-6(2)4-10-8(12)11-7/h5-9H,3-4,12H2,1-2H3. The van der Waals surface area contributed by atoms with E-state index in [1.807, 2.05) is 6.92 Å². The summed E-state index contributed by atoms with van der Waals surface area (Å²) in [6, 6.07) is -0.208. The van der Waals surface area contributed by atoms with Crippen molar-refractivity contribution >= 4 is 9.24 Å². The largest absolute Gasteiger partial charge is 0.396 e. The average Bonchev–Trinajstić information content (AvgIpc) is 2.08. The predicted octanol–water partition coefficient (Wildman–Crippen LogP) is 0.825. The van der Waals surface area contributed by atoms with Crippen LogP contribution in [0.5, 0.6) is 0 Å². The van der Waals surface area contributed by atoms with Crippen molar-refractivity contribution in [3.8, 4) is 0 Å². The molecule has 1 aliphatic heterocycles. The van der Waals surface area contributed by atoms with Crippen LogP contribution in [0, 0.1) is 11.8 Å². The molecule has 0 spiro atoms. The molecule has 4 heteroatoms. The summed E-state index contributed by atoms with van der Waals surface area (Å²) in [5.74, 6) is 0.552. The van der Waals surface area contributed by atoms with Crippen LogP contribution in [0.15, 0.2) is 0 Å². The zero-order valence-corrected chi connectivity index (χ0v) is 8.72. The molecule has 0 amide bonds. The van der Waals surface area contributed by atoms with Crippen LogP contribution in [-0.4, -0.2) is 30.5 Å². The van der Waals surface area contributed by atoms with Gasteiger partial charge in [0.1, 0.15) is 0 Å². The molecule has 12 heavy (non-hydrogen) atoms. The van der Waals surface area contributed by atoms with Gasteiger partial charge in [0.2, 0.25) is 0 Å². The van der Waals surface area contributed by atoms with Crippen LogP contribution < -0.4 is 0 Å². The first-order valence-corrected chi connectivity index (χ1v) is 4.95. The first-order valence-electron chi connectivity index (χ1n) is 4.28. The lowest BCUT2D eigenvalue weighted by Gasteiger charge is -2.36. The summed E-state index contributed by atoms with van der Waals surface area (Å²) in [7, 11) is 2.49. The van der Waals surface area contributed by atoms with E-state index in [1.165, 1.54) is 0 Å². The molecule has 1 rings (SSSR count). The van der Waals surface area contributed by atoms with E-state index < -0.39 is 0 Å². The lowest BCUT2D eigenvalue weighted by molar-refractivity contribution is -0.205. The summed E-state index contributed by atoms with van der Waals surface area (Å²) >= 11 is 0. The van der Waals surface area contributed by atoms with Gasteiger partial charge in [-0.2, -0.15) is 0 Å². The van der Waals surface area contributed by atoms with Crippen LogP contribution in [0.25, 0.3) is 0 Å². The van der Waals surface area contributed by atoms with Gasteiger partial charge in [-0.05, 0) is 0 Å². The Hall–Kier alpha value is 0.310. The second-order valence-electron chi connectivity index (χ2n) is 3.44. The van der Waals surface area contributed by atoms with E-state index in [0.29, 0.717) is 12.5 Å². The van der Waals surface area contributed by atoms with Crippen molar-refractivity contribution in [1.29, 1.82) is 0 Å². The van der Waals surface area contributed by atoms with E-state index in [1.54, 1.807) is 0 Å². The minimum absolute atomic E-state index is 0.117. The molecule has 1 saturated heterocycles. The normalized spacial score (nSPS) is 39.5. The van der Waals surface area contributed by atoms with Crippen molar-refractivity contribution in [2.45, 2.75) is 26.0 Å². The molecule has 1 heterocycles. The van der Waals surface area contributed by atoms with Crippen LogP contribution in [-0.2, 0) is 9.47 Å². The quantitative estimate of drug-likeness (QED) is 0.658. The van der Waals surface area contributed by atoms with Crippen molar-refractivity contribution in [3.63, 3.8) is 0 Å². The zero-order valence-electron chi connectivity index (χ0n) is 7.56. The number of aliphatic hydroxyl groups excluding tert-OH is 1. The average molecular weight is 192 g/mol. The fraction of sp³-hybridized carbons (Fsp3) is 1.00. The van der Waals surface area contributed by atoms with Gasteiger partial charge in [0.25, 0.3) is 0 Å². The molecule has 0 aromatic carbocycles. The molecule has 5 atom stereocenters. The maximum Gasteiger partial charge on any atom is 0.170 e. The van der Waals surface area contributed by atoms with E-state index in [-0.39, 0.29) is 24.7 Å². The summed E-state index contributed by atoms with van der Waals surface area (Å²) in [6.45, 7) is 4.95. The third-order valence-electron chi connectivity index (χ3n) is 2.22. The van der Waals surface area contributed by atoms with Gasteiger partial charge < -0.3 is 14.6 Å². The first kappa shape index (κ1) is 10.4. The molecule has 0 radical (unpaired) electrons. The Morgan fingerprint density at radius 3 is 2.92 bits per heavy atom. The van der Waals surface area contributed by atoms with Gasteiger partial charge >= 0.3 is 0 Å². The van der Waals surface area contributed by atoms with Crippen molar-refractivity contribution in [2.24, 2.45) is 11.8 Å².